The monoisotopic (exact) mass is 306 g/mol. The Morgan fingerprint density at radius 2 is 1.28 bits per heavy atom. The van der Waals surface area contributed by atoms with Crippen LogP contribution in [0.15, 0.2) is 0 Å². The van der Waals surface area contributed by atoms with Crippen LogP contribution < -0.4 is 10.2 Å². The topological polar surface area (TPSA) is 216 Å². The number of carboxylic acid groups (broad SMARTS) is 2. The van der Waals surface area contributed by atoms with E-state index in [1.807, 2.05) is 0 Å². The minimum absolute atomic E-state index is 1.97. The Labute approximate surface area is 99.0 Å². The van der Waals surface area contributed by atoms with E-state index in [-0.39, 0.29) is 0 Å². The van der Waals surface area contributed by atoms with Crippen LogP contribution in [0.2, 0.25) is 0 Å². The second-order valence-electron chi connectivity index (χ2n) is 3.26. The second kappa shape index (κ2) is 5.06. The van der Waals surface area contributed by atoms with Crippen LogP contribution in [-0.4, -0.2) is 41.7 Å². The van der Waals surface area contributed by atoms with E-state index in [0.29, 0.717) is 0 Å². The SMILES string of the molecule is O=C([O-])C(CC(O)(P(=O)(O)O)P(=O)(O)O)C(=O)[O-]. The number of carbonyl (C=O) groups is 2. The summed E-state index contributed by atoms with van der Waals surface area (Å²) in [6.45, 7) is 0. The number of aliphatic hydroxyl groups is 1. The number of aliphatic carboxylic acids is 2. The van der Waals surface area contributed by atoms with Gasteiger partial charge in [0.25, 0.3) is 5.08 Å². The Balaban J connectivity index is 5.68. The first-order valence-corrected chi connectivity index (χ1v) is 7.22. The maximum absolute atomic E-state index is 10.8. The largest absolute Gasteiger partial charge is 0.549 e. The highest BCUT2D eigenvalue weighted by Gasteiger charge is 2.60. The van der Waals surface area contributed by atoms with Gasteiger partial charge in [-0.2, -0.15) is 0 Å². The van der Waals surface area contributed by atoms with E-state index in [9.17, 15) is 34.0 Å². The lowest BCUT2D eigenvalue weighted by Gasteiger charge is -2.33. The molecular weight excluding hydrogens is 298 g/mol. The van der Waals surface area contributed by atoms with Crippen molar-refractivity contribution in [1.29, 1.82) is 0 Å². The quantitative estimate of drug-likeness (QED) is 0.232. The maximum atomic E-state index is 10.8. The molecule has 0 aliphatic heterocycles. The number of hydrogen-bond donors (Lipinski definition) is 5. The molecule has 18 heavy (non-hydrogen) atoms. The first kappa shape index (κ1) is 17.2. The van der Waals surface area contributed by atoms with E-state index in [4.69, 9.17) is 19.6 Å². The van der Waals surface area contributed by atoms with Crippen molar-refractivity contribution in [3.8, 4) is 0 Å². The van der Waals surface area contributed by atoms with Crippen LogP contribution in [0.25, 0.3) is 0 Å². The molecule has 13 heteroatoms. The lowest BCUT2D eigenvalue weighted by atomic mass is 10.1. The van der Waals surface area contributed by atoms with Crippen LogP contribution in [0.5, 0.6) is 0 Å². The zero-order valence-electron chi connectivity index (χ0n) is 8.36. The lowest BCUT2D eigenvalue weighted by molar-refractivity contribution is -0.332. The van der Waals surface area contributed by atoms with Gasteiger partial charge in [-0.25, -0.2) is 0 Å². The van der Waals surface area contributed by atoms with Crippen molar-refractivity contribution in [2.45, 2.75) is 11.5 Å². The van der Waals surface area contributed by atoms with E-state index >= 15 is 0 Å². The van der Waals surface area contributed by atoms with Crippen LogP contribution >= 0.6 is 15.2 Å². The van der Waals surface area contributed by atoms with E-state index in [1.165, 1.54) is 0 Å². The summed E-state index contributed by atoms with van der Waals surface area (Å²) in [5, 5.41) is 25.7. The van der Waals surface area contributed by atoms with Crippen molar-refractivity contribution in [2.24, 2.45) is 5.92 Å². The van der Waals surface area contributed by atoms with Crippen molar-refractivity contribution in [2.75, 3.05) is 0 Å². The first-order valence-electron chi connectivity index (χ1n) is 3.99. The molecule has 0 rings (SSSR count). The highest BCUT2D eigenvalue weighted by Crippen LogP contribution is 2.69. The molecule has 0 aromatic carbocycles. The Morgan fingerprint density at radius 1 is 1.00 bits per heavy atom. The summed E-state index contributed by atoms with van der Waals surface area (Å²) in [6.07, 6.45) is -1.97. The summed E-state index contributed by atoms with van der Waals surface area (Å²) in [4.78, 5) is 55.2. The fourth-order valence-electron chi connectivity index (χ4n) is 0.944. The average molecular weight is 306 g/mol. The molecule has 0 aromatic rings. The van der Waals surface area contributed by atoms with Gasteiger partial charge < -0.3 is 44.5 Å². The van der Waals surface area contributed by atoms with Crippen molar-refractivity contribution in [3.05, 3.63) is 0 Å². The molecule has 0 saturated heterocycles. The van der Waals surface area contributed by atoms with Gasteiger partial charge in [0, 0.05) is 12.3 Å². The van der Waals surface area contributed by atoms with Gasteiger partial charge in [0.1, 0.15) is 0 Å². The number of rotatable bonds is 6. The van der Waals surface area contributed by atoms with Gasteiger partial charge in [0.15, 0.2) is 0 Å². The van der Waals surface area contributed by atoms with Gasteiger partial charge in [-0.05, 0) is 0 Å². The third kappa shape index (κ3) is 3.36. The number of carbonyl (C=O) groups excluding carboxylic acids is 2. The maximum Gasteiger partial charge on any atom is 0.369 e. The Hall–Kier alpha value is -0.800. The number of hydrogen-bond acceptors (Lipinski definition) is 7. The van der Waals surface area contributed by atoms with E-state index < -0.39 is 44.6 Å². The molecule has 5 N–H and O–H groups in total. The minimum Gasteiger partial charge on any atom is -0.549 e. The van der Waals surface area contributed by atoms with Gasteiger partial charge in [-0.3, -0.25) is 9.13 Å². The molecule has 0 spiro atoms. The molecule has 0 fully saturated rings. The summed E-state index contributed by atoms with van der Waals surface area (Å²) in [6, 6.07) is 0. The zero-order valence-corrected chi connectivity index (χ0v) is 10.2. The van der Waals surface area contributed by atoms with Crippen molar-refractivity contribution in [1.82, 2.24) is 0 Å². The van der Waals surface area contributed by atoms with Crippen LogP contribution in [0.3, 0.4) is 0 Å². The summed E-state index contributed by atoms with van der Waals surface area (Å²) in [5.74, 6) is -7.65. The van der Waals surface area contributed by atoms with Crippen molar-refractivity contribution in [3.63, 3.8) is 0 Å². The predicted octanol–water partition coefficient (Wildman–Crippen LogP) is -4.51. The Kier molecular flexibility index (Phi) is 4.83. The van der Waals surface area contributed by atoms with Crippen LogP contribution in [-0.2, 0) is 18.7 Å². The summed E-state index contributed by atoms with van der Waals surface area (Å²) in [7, 11) is -11.9. The fourth-order valence-corrected chi connectivity index (χ4v) is 3.14. The molecule has 11 nitrogen and oxygen atoms in total. The van der Waals surface area contributed by atoms with Gasteiger partial charge in [0.2, 0.25) is 0 Å². The van der Waals surface area contributed by atoms with Gasteiger partial charge in [0.05, 0.1) is 11.9 Å². The van der Waals surface area contributed by atoms with Crippen LogP contribution in [0.4, 0.5) is 0 Å². The molecule has 0 heterocycles. The van der Waals surface area contributed by atoms with Crippen LogP contribution in [0, 0.1) is 5.92 Å². The number of carboxylic acids is 2. The minimum atomic E-state index is -5.93. The van der Waals surface area contributed by atoms with E-state index in [0.717, 1.165) is 0 Å². The standard InChI is InChI=1S/C5H10O11P2/c6-3(7)2(4(8)9)1-5(10,17(11,12)13)18(14,15)16/h2,10H,1H2,(H,6,7)(H,8,9)(H2,11,12,13)(H2,14,15,16)/p-2. The smallest absolute Gasteiger partial charge is 0.369 e. The predicted molar refractivity (Wildman–Crippen MR) is 47.2 cm³/mol. The molecule has 0 aliphatic carbocycles. The molecule has 0 atom stereocenters. The van der Waals surface area contributed by atoms with Crippen LogP contribution in [0.1, 0.15) is 6.42 Å². The lowest BCUT2D eigenvalue weighted by Crippen LogP contribution is -2.47. The summed E-state index contributed by atoms with van der Waals surface area (Å²) < 4.78 is 21.6. The second-order valence-corrected chi connectivity index (χ2v) is 7.27. The van der Waals surface area contributed by atoms with Gasteiger partial charge in [-0.1, -0.05) is 0 Å². The van der Waals surface area contributed by atoms with Crippen molar-refractivity contribution < 1.29 is 53.6 Å². The van der Waals surface area contributed by atoms with Gasteiger partial charge >= 0.3 is 15.2 Å². The fraction of sp³-hybridized carbons (Fsp3) is 0.600. The molecule has 0 unspecified atom stereocenters. The summed E-state index contributed by atoms with van der Waals surface area (Å²) in [5.41, 5.74) is 0. The molecule has 106 valence electrons. The van der Waals surface area contributed by atoms with Crippen molar-refractivity contribution >= 4 is 27.1 Å². The Bertz CT molecular complexity index is 406. The molecule has 0 radical (unpaired) electrons. The zero-order chi connectivity index (χ0) is 14.9. The normalized spacial score (nSPS) is 13.7. The highest BCUT2D eigenvalue weighted by atomic mass is 31.2. The third-order valence-corrected chi connectivity index (χ3v) is 5.77. The molecule has 0 aromatic heterocycles. The average Bonchev–Trinajstić information content (AvgIpc) is 2.08. The third-order valence-electron chi connectivity index (χ3n) is 1.98. The van der Waals surface area contributed by atoms with E-state index in [2.05, 4.69) is 0 Å². The molecule has 0 saturated carbocycles. The summed E-state index contributed by atoms with van der Waals surface area (Å²) >= 11 is 0. The van der Waals surface area contributed by atoms with Gasteiger partial charge in [-0.15, -0.1) is 0 Å². The molecule has 0 amide bonds. The molecule has 0 aliphatic rings. The molecular formula is C5H8O11P2-2. The van der Waals surface area contributed by atoms with E-state index in [1.54, 1.807) is 0 Å². The first-order chi connectivity index (χ1) is 7.74. The highest BCUT2D eigenvalue weighted by molar-refractivity contribution is 7.72. The molecule has 0 bridgehead atoms. The Morgan fingerprint density at radius 3 is 1.44 bits per heavy atom.